The van der Waals surface area contributed by atoms with E-state index < -0.39 is 0 Å². The Kier molecular flexibility index (Phi) is 9.31. The number of hydrogen-bond acceptors (Lipinski definition) is 0. The number of benzene rings is 4. The molecule has 3 heteroatoms. The molecule has 0 bridgehead atoms. The first kappa shape index (κ1) is 22.9. The second-order valence-electron chi connectivity index (χ2n) is 7.00. The molecule has 0 aliphatic rings. The van der Waals surface area contributed by atoms with Crippen molar-refractivity contribution in [2.75, 3.05) is 12.3 Å². The van der Waals surface area contributed by atoms with Crippen LogP contribution in [0.15, 0.2) is 121 Å². The van der Waals surface area contributed by atoms with Crippen LogP contribution in [-0.2, 0) is 16.8 Å². The fraction of sp³-hybridized carbons (Fsp3) is 0.111. The molecular weight excluding hydrogens is 445 g/mol. The Balaban J connectivity index is 0.00000256. The molecule has 153 valence electrons. The van der Waals surface area contributed by atoms with Crippen molar-refractivity contribution in [2.45, 2.75) is 6.42 Å². The van der Waals surface area contributed by atoms with Gasteiger partial charge in [-0.2, -0.15) is 0 Å². The molecule has 0 spiro atoms. The summed E-state index contributed by atoms with van der Waals surface area (Å²) in [5, 5.41) is 5.94. The maximum absolute atomic E-state index is 2.30. The first-order chi connectivity index (χ1) is 14.4. The summed E-state index contributed by atoms with van der Waals surface area (Å²) in [6.45, 7) is 0. The second-order valence-corrected chi connectivity index (χ2v) is 11.7. The van der Waals surface area contributed by atoms with Crippen LogP contribution in [-0.4, -0.2) is 12.3 Å². The van der Waals surface area contributed by atoms with Crippen molar-refractivity contribution in [3.05, 3.63) is 121 Å². The molecular formula is C27H26CoP2. The summed E-state index contributed by atoms with van der Waals surface area (Å²) in [5.41, 5.74) is 0. The fourth-order valence-corrected chi connectivity index (χ4v) is 8.59. The minimum absolute atomic E-state index is 0. The molecule has 4 aromatic rings. The first-order valence-corrected chi connectivity index (χ1v) is 13.2. The molecule has 0 N–H and O–H groups in total. The van der Waals surface area contributed by atoms with Gasteiger partial charge in [0.2, 0.25) is 0 Å². The third-order valence-corrected chi connectivity index (χ3v) is 10.2. The summed E-state index contributed by atoms with van der Waals surface area (Å²) >= 11 is 0. The summed E-state index contributed by atoms with van der Waals surface area (Å²) in [6.07, 6.45) is 3.72. The van der Waals surface area contributed by atoms with E-state index >= 15 is 0 Å². The van der Waals surface area contributed by atoms with Gasteiger partial charge in [0, 0.05) is 16.8 Å². The van der Waals surface area contributed by atoms with Crippen molar-refractivity contribution in [2.24, 2.45) is 0 Å². The SMILES string of the molecule is [Co].c1ccc(P(CCCP(c2ccccc2)c2ccccc2)c2ccccc2)cc1. The van der Waals surface area contributed by atoms with Gasteiger partial charge in [0.1, 0.15) is 0 Å². The molecule has 0 nitrogen and oxygen atoms in total. The molecule has 0 amide bonds. The minimum atomic E-state index is -0.309. The Bertz CT molecular complexity index is 814. The average molecular weight is 471 g/mol. The van der Waals surface area contributed by atoms with Crippen molar-refractivity contribution in [3.8, 4) is 0 Å². The van der Waals surface area contributed by atoms with Gasteiger partial charge in [-0.15, -0.1) is 0 Å². The monoisotopic (exact) mass is 471 g/mol. The van der Waals surface area contributed by atoms with Crippen LogP contribution in [0.25, 0.3) is 0 Å². The van der Waals surface area contributed by atoms with Gasteiger partial charge in [-0.1, -0.05) is 121 Å². The van der Waals surface area contributed by atoms with E-state index in [2.05, 4.69) is 121 Å². The maximum atomic E-state index is 2.30. The van der Waals surface area contributed by atoms with E-state index in [0.717, 1.165) is 0 Å². The molecule has 0 heterocycles. The van der Waals surface area contributed by atoms with Gasteiger partial charge in [0.25, 0.3) is 0 Å². The van der Waals surface area contributed by atoms with Crippen LogP contribution in [0.2, 0.25) is 0 Å². The van der Waals surface area contributed by atoms with Crippen LogP contribution in [0.4, 0.5) is 0 Å². The van der Waals surface area contributed by atoms with Gasteiger partial charge < -0.3 is 0 Å². The van der Waals surface area contributed by atoms with E-state index in [4.69, 9.17) is 0 Å². The van der Waals surface area contributed by atoms with Crippen molar-refractivity contribution >= 4 is 37.1 Å². The van der Waals surface area contributed by atoms with Crippen molar-refractivity contribution in [1.82, 2.24) is 0 Å². The largest absolute Gasteiger partial charge is 0.0622 e. The van der Waals surface area contributed by atoms with Crippen molar-refractivity contribution in [3.63, 3.8) is 0 Å². The topological polar surface area (TPSA) is 0 Å². The molecule has 30 heavy (non-hydrogen) atoms. The molecule has 4 rings (SSSR count). The zero-order chi connectivity index (χ0) is 19.7. The van der Waals surface area contributed by atoms with Crippen LogP contribution in [0, 0.1) is 0 Å². The molecule has 1 radical (unpaired) electrons. The zero-order valence-corrected chi connectivity index (χ0v) is 19.7. The van der Waals surface area contributed by atoms with Crippen LogP contribution in [0.3, 0.4) is 0 Å². The van der Waals surface area contributed by atoms with Gasteiger partial charge in [-0.05, 0) is 55.8 Å². The summed E-state index contributed by atoms with van der Waals surface area (Å²) in [7, 11) is -0.618. The molecule has 0 aliphatic heterocycles. The minimum Gasteiger partial charge on any atom is -0.0622 e. The van der Waals surface area contributed by atoms with Gasteiger partial charge in [-0.25, -0.2) is 0 Å². The van der Waals surface area contributed by atoms with Gasteiger partial charge in [0.05, 0.1) is 0 Å². The number of rotatable bonds is 8. The number of hydrogen-bond donors (Lipinski definition) is 0. The molecule has 0 saturated heterocycles. The standard InChI is InChI=1S/C27H26P2.Co/c1-5-14-24(15-6-1)28(25-16-7-2-8-17-25)22-13-23-29(26-18-9-3-10-19-26)27-20-11-4-12-21-27;/h1-12,14-21H,13,22-23H2;. The van der Waals surface area contributed by atoms with Crippen LogP contribution >= 0.6 is 15.8 Å². The predicted octanol–water partition coefficient (Wildman–Crippen LogP) is 5.64. The van der Waals surface area contributed by atoms with Crippen molar-refractivity contribution in [1.29, 1.82) is 0 Å². The van der Waals surface area contributed by atoms with Crippen LogP contribution in [0.1, 0.15) is 6.42 Å². The quantitative estimate of drug-likeness (QED) is 0.292. The smallest absolute Gasteiger partial charge is 0 e. The molecule has 0 aromatic heterocycles. The van der Waals surface area contributed by atoms with E-state index in [1.165, 1.54) is 40.0 Å². The Labute approximate surface area is 193 Å². The fourth-order valence-electron chi connectivity index (χ4n) is 3.63. The summed E-state index contributed by atoms with van der Waals surface area (Å²) in [5.74, 6) is 0. The van der Waals surface area contributed by atoms with E-state index in [9.17, 15) is 0 Å². The summed E-state index contributed by atoms with van der Waals surface area (Å²) in [6, 6.07) is 44.3. The van der Waals surface area contributed by atoms with Gasteiger partial charge >= 0.3 is 0 Å². The summed E-state index contributed by atoms with van der Waals surface area (Å²) < 4.78 is 0. The van der Waals surface area contributed by atoms with E-state index in [1.807, 2.05) is 0 Å². The predicted molar refractivity (Wildman–Crippen MR) is 132 cm³/mol. The molecule has 4 aromatic carbocycles. The first-order valence-electron chi connectivity index (χ1n) is 10.2. The molecule has 0 fully saturated rings. The molecule has 0 saturated carbocycles. The van der Waals surface area contributed by atoms with E-state index in [1.54, 1.807) is 0 Å². The Morgan fingerprint density at radius 2 is 0.600 bits per heavy atom. The summed E-state index contributed by atoms with van der Waals surface area (Å²) in [4.78, 5) is 0. The molecule has 0 unspecified atom stereocenters. The third-order valence-electron chi connectivity index (χ3n) is 5.03. The van der Waals surface area contributed by atoms with Crippen LogP contribution in [0.5, 0.6) is 0 Å². The zero-order valence-electron chi connectivity index (χ0n) is 16.9. The van der Waals surface area contributed by atoms with Crippen LogP contribution < -0.4 is 21.2 Å². The Morgan fingerprint density at radius 3 is 0.833 bits per heavy atom. The van der Waals surface area contributed by atoms with Crippen molar-refractivity contribution < 1.29 is 16.8 Å². The average Bonchev–Trinajstić information content (AvgIpc) is 2.81. The Morgan fingerprint density at radius 1 is 0.367 bits per heavy atom. The third kappa shape index (κ3) is 6.13. The maximum Gasteiger partial charge on any atom is 0 e. The van der Waals surface area contributed by atoms with E-state index in [-0.39, 0.29) is 32.6 Å². The molecule has 0 atom stereocenters. The second kappa shape index (κ2) is 12.2. The van der Waals surface area contributed by atoms with Gasteiger partial charge in [-0.3, -0.25) is 0 Å². The normalized spacial score (nSPS) is 10.7. The van der Waals surface area contributed by atoms with Gasteiger partial charge in [0.15, 0.2) is 0 Å². The molecule has 0 aliphatic carbocycles. The van der Waals surface area contributed by atoms with E-state index in [0.29, 0.717) is 0 Å². The Hall–Kier alpha value is -1.75.